The largest absolute Gasteiger partial charge is 0.497 e. The lowest BCUT2D eigenvalue weighted by molar-refractivity contribution is -0.125. The molecule has 10 heteroatoms. The summed E-state index contributed by atoms with van der Waals surface area (Å²) in [6.45, 7) is 2.07. The van der Waals surface area contributed by atoms with Crippen molar-refractivity contribution in [2.24, 2.45) is 5.92 Å². The molecule has 3 heterocycles. The van der Waals surface area contributed by atoms with Crippen LogP contribution in [0.1, 0.15) is 12.8 Å². The summed E-state index contributed by atoms with van der Waals surface area (Å²) in [5, 5.41) is 16.3. The number of anilines is 1. The summed E-state index contributed by atoms with van der Waals surface area (Å²) in [4.78, 5) is 27.3. The Morgan fingerprint density at radius 2 is 1.43 bits per heavy atom. The number of ether oxygens (including phenoxy) is 2. The highest BCUT2D eigenvalue weighted by molar-refractivity contribution is 5.79. The molecule has 206 valence electrons. The summed E-state index contributed by atoms with van der Waals surface area (Å²) < 4.78 is 11.8. The molecule has 2 aromatic carbocycles. The third kappa shape index (κ3) is 6.28. The third-order valence-electron chi connectivity index (χ3n) is 7.10. The van der Waals surface area contributed by atoms with Gasteiger partial charge in [-0.25, -0.2) is 4.68 Å². The zero-order valence-corrected chi connectivity index (χ0v) is 22.6. The van der Waals surface area contributed by atoms with Crippen LogP contribution >= 0.6 is 0 Å². The standard InChI is InChI=1S/C30H32N6O4/c1-39-24-7-3-21(4-8-24)26-11-13-28(33-32-26)35-18-15-23(16-19-35)30(38)31-17-20-36-29(37)14-12-27(34-36)22-5-9-25(40-2)10-6-22/h3-14,23H,15-20H2,1-2H3,(H,31,38). The maximum absolute atomic E-state index is 12.8. The molecular weight excluding hydrogens is 508 g/mol. The second-order valence-electron chi connectivity index (χ2n) is 9.57. The van der Waals surface area contributed by atoms with Gasteiger partial charge >= 0.3 is 0 Å². The molecule has 0 saturated carbocycles. The lowest BCUT2D eigenvalue weighted by Crippen LogP contribution is -2.42. The SMILES string of the molecule is COc1ccc(-c2ccc(N3CCC(C(=O)NCCn4nc(-c5ccc(OC)cc5)ccc4=O)CC3)nn2)cc1. The minimum absolute atomic E-state index is 0.0000502. The van der Waals surface area contributed by atoms with Crippen LogP contribution in [0.4, 0.5) is 5.82 Å². The molecule has 1 saturated heterocycles. The Kier molecular flexibility index (Phi) is 8.34. The summed E-state index contributed by atoms with van der Waals surface area (Å²) in [7, 11) is 3.25. The van der Waals surface area contributed by atoms with Crippen molar-refractivity contribution in [3.05, 3.63) is 83.2 Å². The van der Waals surface area contributed by atoms with E-state index < -0.39 is 0 Å². The number of aromatic nitrogens is 4. The van der Waals surface area contributed by atoms with E-state index in [2.05, 4.69) is 25.5 Å². The van der Waals surface area contributed by atoms with Gasteiger partial charge in [0.25, 0.3) is 5.56 Å². The number of nitrogens with one attached hydrogen (secondary N) is 1. The van der Waals surface area contributed by atoms with E-state index >= 15 is 0 Å². The lowest BCUT2D eigenvalue weighted by atomic mass is 9.96. The first kappa shape index (κ1) is 26.9. The number of benzene rings is 2. The highest BCUT2D eigenvalue weighted by atomic mass is 16.5. The van der Waals surface area contributed by atoms with Gasteiger partial charge in [-0.05, 0) is 79.6 Å². The lowest BCUT2D eigenvalue weighted by Gasteiger charge is -2.31. The molecule has 0 aliphatic carbocycles. The Bertz CT molecular complexity index is 1480. The van der Waals surface area contributed by atoms with Gasteiger partial charge in [0, 0.05) is 42.7 Å². The van der Waals surface area contributed by atoms with Gasteiger partial charge in [0.05, 0.1) is 32.2 Å². The second-order valence-corrected chi connectivity index (χ2v) is 9.57. The van der Waals surface area contributed by atoms with Crippen LogP contribution in [-0.2, 0) is 11.3 Å². The molecule has 0 atom stereocenters. The number of carbonyl (C=O) groups excluding carboxylic acids is 1. The van der Waals surface area contributed by atoms with Crippen molar-refractivity contribution in [1.29, 1.82) is 0 Å². The number of methoxy groups -OCH3 is 2. The number of nitrogens with zero attached hydrogens (tertiary/aromatic N) is 5. The molecule has 1 N–H and O–H groups in total. The molecule has 5 rings (SSSR count). The second kappa shape index (κ2) is 12.4. The van der Waals surface area contributed by atoms with Gasteiger partial charge in [-0.2, -0.15) is 5.10 Å². The van der Waals surface area contributed by atoms with E-state index in [0.717, 1.165) is 60.1 Å². The van der Waals surface area contributed by atoms with Crippen molar-refractivity contribution in [2.45, 2.75) is 19.4 Å². The van der Waals surface area contributed by atoms with E-state index in [-0.39, 0.29) is 17.4 Å². The quantitative estimate of drug-likeness (QED) is 0.344. The Labute approximate surface area is 232 Å². The molecule has 1 aliphatic rings. The van der Waals surface area contributed by atoms with E-state index in [1.807, 2.05) is 60.7 Å². The van der Waals surface area contributed by atoms with Crippen molar-refractivity contribution in [2.75, 3.05) is 38.8 Å². The molecule has 40 heavy (non-hydrogen) atoms. The predicted molar refractivity (Wildman–Crippen MR) is 152 cm³/mol. The van der Waals surface area contributed by atoms with Crippen LogP contribution in [0.15, 0.2) is 77.6 Å². The van der Waals surface area contributed by atoms with Crippen LogP contribution in [0.2, 0.25) is 0 Å². The fourth-order valence-corrected chi connectivity index (χ4v) is 4.73. The molecule has 2 aromatic heterocycles. The molecule has 0 radical (unpaired) electrons. The number of rotatable bonds is 9. The number of piperidine rings is 1. The van der Waals surface area contributed by atoms with E-state index in [4.69, 9.17) is 9.47 Å². The van der Waals surface area contributed by atoms with E-state index in [0.29, 0.717) is 18.8 Å². The van der Waals surface area contributed by atoms with E-state index in [1.165, 1.54) is 10.7 Å². The third-order valence-corrected chi connectivity index (χ3v) is 7.10. The summed E-state index contributed by atoms with van der Waals surface area (Å²) in [6.07, 6.45) is 1.44. The number of carbonyl (C=O) groups is 1. The number of amides is 1. The van der Waals surface area contributed by atoms with Gasteiger partial charge < -0.3 is 19.7 Å². The topological polar surface area (TPSA) is 111 Å². The number of hydrogen-bond donors (Lipinski definition) is 1. The first-order valence-electron chi connectivity index (χ1n) is 13.3. The number of hydrogen-bond acceptors (Lipinski definition) is 8. The molecule has 1 fully saturated rings. The van der Waals surface area contributed by atoms with Crippen molar-refractivity contribution in [3.63, 3.8) is 0 Å². The monoisotopic (exact) mass is 540 g/mol. The fourth-order valence-electron chi connectivity index (χ4n) is 4.73. The molecule has 0 bridgehead atoms. The van der Waals surface area contributed by atoms with Crippen LogP contribution in [0.25, 0.3) is 22.5 Å². The smallest absolute Gasteiger partial charge is 0.266 e. The van der Waals surface area contributed by atoms with Crippen molar-refractivity contribution >= 4 is 11.7 Å². The summed E-state index contributed by atoms with van der Waals surface area (Å²) >= 11 is 0. The Balaban J connectivity index is 1.10. The van der Waals surface area contributed by atoms with Gasteiger partial charge in [-0.1, -0.05) is 0 Å². The Hall–Kier alpha value is -4.73. The van der Waals surface area contributed by atoms with Gasteiger partial charge in [0.1, 0.15) is 11.5 Å². The fraction of sp³-hybridized carbons (Fsp3) is 0.300. The maximum Gasteiger partial charge on any atom is 0.266 e. The molecular formula is C30H32N6O4. The zero-order chi connectivity index (χ0) is 27.9. The van der Waals surface area contributed by atoms with Crippen molar-refractivity contribution in [1.82, 2.24) is 25.3 Å². The Morgan fingerprint density at radius 1 is 0.825 bits per heavy atom. The average molecular weight is 541 g/mol. The first-order valence-corrected chi connectivity index (χ1v) is 13.3. The van der Waals surface area contributed by atoms with Crippen LogP contribution in [0.3, 0.4) is 0 Å². The molecule has 1 amide bonds. The van der Waals surface area contributed by atoms with Gasteiger partial charge in [0.15, 0.2) is 5.82 Å². The molecule has 1 aliphatic heterocycles. The van der Waals surface area contributed by atoms with Crippen LogP contribution < -0.4 is 25.2 Å². The average Bonchev–Trinajstić information content (AvgIpc) is 3.02. The highest BCUT2D eigenvalue weighted by Gasteiger charge is 2.25. The van der Waals surface area contributed by atoms with Gasteiger partial charge in [-0.15, -0.1) is 10.2 Å². The predicted octanol–water partition coefficient (Wildman–Crippen LogP) is 3.42. The van der Waals surface area contributed by atoms with E-state index in [9.17, 15) is 9.59 Å². The Morgan fingerprint density at radius 3 is 2.00 bits per heavy atom. The van der Waals surface area contributed by atoms with Crippen LogP contribution in [0, 0.1) is 5.92 Å². The van der Waals surface area contributed by atoms with E-state index in [1.54, 1.807) is 20.3 Å². The zero-order valence-electron chi connectivity index (χ0n) is 22.6. The van der Waals surface area contributed by atoms with Crippen LogP contribution in [0.5, 0.6) is 11.5 Å². The molecule has 10 nitrogen and oxygen atoms in total. The van der Waals surface area contributed by atoms with Gasteiger partial charge in [0.2, 0.25) is 5.91 Å². The molecule has 0 spiro atoms. The molecule has 4 aromatic rings. The first-order chi connectivity index (χ1) is 19.5. The van der Waals surface area contributed by atoms with Crippen molar-refractivity contribution in [3.8, 4) is 34.0 Å². The van der Waals surface area contributed by atoms with Crippen molar-refractivity contribution < 1.29 is 14.3 Å². The summed E-state index contributed by atoms with van der Waals surface area (Å²) in [5.74, 6) is 2.27. The summed E-state index contributed by atoms with van der Waals surface area (Å²) in [5.41, 5.74) is 3.12. The molecule has 0 unspecified atom stereocenters. The highest BCUT2D eigenvalue weighted by Crippen LogP contribution is 2.25. The van der Waals surface area contributed by atoms with Gasteiger partial charge in [-0.3, -0.25) is 9.59 Å². The normalized spacial score (nSPS) is 13.6. The minimum atomic E-state index is -0.209. The maximum atomic E-state index is 12.8. The summed E-state index contributed by atoms with van der Waals surface area (Å²) in [6, 6.07) is 22.3. The minimum Gasteiger partial charge on any atom is -0.497 e. The van der Waals surface area contributed by atoms with Crippen LogP contribution in [-0.4, -0.2) is 59.7 Å².